The van der Waals surface area contributed by atoms with E-state index in [9.17, 15) is 4.79 Å². The van der Waals surface area contributed by atoms with Crippen molar-refractivity contribution < 1.29 is 9.53 Å². The summed E-state index contributed by atoms with van der Waals surface area (Å²) in [6.45, 7) is 0. The molecule has 0 fully saturated rings. The van der Waals surface area contributed by atoms with Crippen molar-refractivity contribution in [1.82, 2.24) is 5.43 Å². The summed E-state index contributed by atoms with van der Waals surface area (Å²) >= 11 is 17.4. The number of amides is 1. The van der Waals surface area contributed by atoms with Crippen LogP contribution in [0.2, 0.25) is 10.0 Å². The molecule has 128 valence electrons. The molecular weight excluding hydrogens is 383 g/mol. The van der Waals surface area contributed by atoms with Gasteiger partial charge in [0.05, 0.1) is 28.4 Å². The van der Waals surface area contributed by atoms with E-state index in [0.29, 0.717) is 21.3 Å². The van der Waals surface area contributed by atoms with Crippen molar-refractivity contribution in [2.45, 2.75) is 0 Å². The summed E-state index contributed by atoms with van der Waals surface area (Å²) in [5.74, 6) is 0.320. The fraction of sp³-hybridized carbons (Fsp3) is 0.0625. The Kier molecular flexibility index (Phi) is 5.08. The standard InChI is InChI=1S/C16H12Cl2N4O2S/c1-24-9-4-2-8(3-5-9)19-16(25)22-21-14-12-10(17)6-7-11(18)13(12)20-15(14)23/h2-7H,1H3,(H2,19,22,25)(H,20,21,23). The van der Waals surface area contributed by atoms with Gasteiger partial charge in [-0.1, -0.05) is 23.2 Å². The van der Waals surface area contributed by atoms with Gasteiger partial charge >= 0.3 is 0 Å². The lowest BCUT2D eigenvalue weighted by Crippen LogP contribution is -2.27. The maximum Gasteiger partial charge on any atom is 0.276 e. The van der Waals surface area contributed by atoms with E-state index in [-0.39, 0.29) is 10.8 Å². The summed E-state index contributed by atoms with van der Waals surface area (Å²) < 4.78 is 5.09. The Bertz CT molecular complexity index is 884. The van der Waals surface area contributed by atoms with E-state index in [0.717, 1.165) is 11.4 Å². The number of ether oxygens (including phenoxy) is 1. The third-order valence-electron chi connectivity index (χ3n) is 3.41. The highest BCUT2D eigenvalue weighted by Crippen LogP contribution is 2.36. The SMILES string of the molecule is COc1ccc(NC(=S)N/N=C2\C(=O)Nc3c(Cl)ccc(Cl)c32)cc1. The van der Waals surface area contributed by atoms with Crippen molar-refractivity contribution in [3.8, 4) is 5.75 Å². The predicted octanol–water partition coefficient (Wildman–Crippen LogP) is 3.64. The molecule has 1 amide bonds. The number of thiocarbonyl (C=S) groups is 1. The summed E-state index contributed by atoms with van der Waals surface area (Å²) in [6, 6.07) is 10.4. The van der Waals surface area contributed by atoms with Crippen molar-refractivity contribution in [3.05, 3.63) is 52.0 Å². The van der Waals surface area contributed by atoms with E-state index in [1.807, 2.05) is 0 Å². The van der Waals surface area contributed by atoms with Gasteiger partial charge in [-0.25, -0.2) is 0 Å². The average molecular weight is 395 g/mol. The number of methoxy groups -OCH3 is 1. The fourth-order valence-electron chi connectivity index (χ4n) is 2.24. The number of rotatable bonds is 3. The molecule has 1 heterocycles. The largest absolute Gasteiger partial charge is 0.497 e. The Morgan fingerprint density at radius 1 is 1.16 bits per heavy atom. The van der Waals surface area contributed by atoms with E-state index in [1.165, 1.54) is 0 Å². The number of hydrogen-bond acceptors (Lipinski definition) is 4. The zero-order valence-electron chi connectivity index (χ0n) is 12.9. The molecule has 2 aromatic carbocycles. The molecule has 0 spiro atoms. The molecule has 0 aliphatic carbocycles. The van der Waals surface area contributed by atoms with Crippen LogP contribution in [0.25, 0.3) is 0 Å². The quantitative estimate of drug-likeness (QED) is 0.547. The number of fused-ring (bicyclic) bond motifs is 1. The van der Waals surface area contributed by atoms with Gasteiger partial charge in [0.15, 0.2) is 10.8 Å². The first kappa shape index (κ1) is 17.5. The lowest BCUT2D eigenvalue weighted by atomic mass is 10.1. The minimum Gasteiger partial charge on any atom is -0.497 e. The molecule has 0 radical (unpaired) electrons. The Balaban J connectivity index is 1.75. The lowest BCUT2D eigenvalue weighted by molar-refractivity contribution is -0.110. The first-order chi connectivity index (χ1) is 12.0. The number of anilines is 2. The fourth-order valence-corrected chi connectivity index (χ4v) is 2.85. The summed E-state index contributed by atoms with van der Waals surface area (Å²) in [5.41, 5.74) is 4.37. The maximum absolute atomic E-state index is 12.1. The second-order valence-corrected chi connectivity index (χ2v) is 6.21. The van der Waals surface area contributed by atoms with Gasteiger partial charge < -0.3 is 15.4 Å². The molecule has 0 bridgehead atoms. The topological polar surface area (TPSA) is 74.8 Å². The molecular formula is C16H12Cl2N4O2S. The predicted molar refractivity (Wildman–Crippen MR) is 104 cm³/mol. The number of carbonyl (C=O) groups is 1. The van der Waals surface area contributed by atoms with E-state index in [2.05, 4.69) is 21.2 Å². The molecule has 9 heteroatoms. The Morgan fingerprint density at radius 3 is 2.52 bits per heavy atom. The molecule has 6 nitrogen and oxygen atoms in total. The number of halogens is 2. The zero-order valence-corrected chi connectivity index (χ0v) is 15.2. The molecule has 3 rings (SSSR count). The van der Waals surface area contributed by atoms with Crippen LogP contribution in [0.1, 0.15) is 5.56 Å². The molecule has 2 aromatic rings. The van der Waals surface area contributed by atoms with Gasteiger partial charge in [-0.2, -0.15) is 5.10 Å². The van der Waals surface area contributed by atoms with E-state index >= 15 is 0 Å². The van der Waals surface area contributed by atoms with Gasteiger partial charge in [-0.15, -0.1) is 0 Å². The molecule has 0 atom stereocenters. The highest BCUT2D eigenvalue weighted by molar-refractivity contribution is 7.80. The number of hydrazone groups is 1. The summed E-state index contributed by atoms with van der Waals surface area (Å²) in [4.78, 5) is 12.1. The monoisotopic (exact) mass is 394 g/mol. The van der Waals surface area contributed by atoms with Gasteiger partial charge in [0, 0.05) is 5.69 Å². The summed E-state index contributed by atoms with van der Waals surface area (Å²) in [5, 5.41) is 10.6. The van der Waals surface area contributed by atoms with Gasteiger partial charge in [0.25, 0.3) is 5.91 Å². The normalized spacial score (nSPS) is 14.0. The van der Waals surface area contributed by atoms with Gasteiger partial charge in [-0.3, -0.25) is 10.2 Å². The molecule has 25 heavy (non-hydrogen) atoms. The van der Waals surface area contributed by atoms with Gasteiger partial charge in [0.2, 0.25) is 0 Å². The third kappa shape index (κ3) is 3.68. The second-order valence-electron chi connectivity index (χ2n) is 4.99. The van der Waals surface area contributed by atoms with Crippen LogP contribution in [0.15, 0.2) is 41.5 Å². The highest BCUT2D eigenvalue weighted by atomic mass is 35.5. The molecule has 1 aliphatic heterocycles. The number of carbonyl (C=O) groups excluding carboxylic acids is 1. The number of nitrogens with zero attached hydrogens (tertiary/aromatic N) is 1. The van der Waals surface area contributed by atoms with Gasteiger partial charge in [0.1, 0.15) is 5.75 Å². The Hall–Kier alpha value is -2.35. The van der Waals surface area contributed by atoms with Crippen LogP contribution in [0.3, 0.4) is 0 Å². The smallest absolute Gasteiger partial charge is 0.276 e. The number of hydrogen-bond donors (Lipinski definition) is 3. The Morgan fingerprint density at radius 2 is 1.84 bits per heavy atom. The second kappa shape index (κ2) is 7.26. The van der Waals surface area contributed by atoms with Crippen molar-refractivity contribution >= 4 is 63.5 Å². The molecule has 1 aliphatic rings. The van der Waals surface area contributed by atoms with Crippen LogP contribution < -0.4 is 20.8 Å². The van der Waals surface area contributed by atoms with E-state index in [4.69, 9.17) is 40.2 Å². The highest BCUT2D eigenvalue weighted by Gasteiger charge is 2.30. The minimum atomic E-state index is -0.412. The van der Waals surface area contributed by atoms with E-state index < -0.39 is 5.91 Å². The van der Waals surface area contributed by atoms with Crippen molar-refractivity contribution in [2.75, 3.05) is 17.7 Å². The van der Waals surface area contributed by atoms with Crippen molar-refractivity contribution in [1.29, 1.82) is 0 Å². The zero-order chi connectivity index (χ0) is 18.0. The van der Waals surface area contributed by atoms with Crippen LogP contribution in [-0.4, -0.2) is 23.8 Å². The number of benzene rings is 2. The lowest BCUT2D eigenvalue weighted by Gasteiger charge is -2.08. The van der Waals surface area contributed by atoms with Crippen LogP contribution in [0, 0.1) is 0 Å². The number of nitrogens with one attached hydrogen (secondary N) is 3. The molecule has 0 saturated carbocycles. The molecule has 0 saturated heterocycles. The van der Waals surface area contributed by atoms with Crippen LogP contribution in [0.4, 0.5) is 11.4 Å². The van der Waals surface area contributed by atoms with Crippen LogP contribution in [-0.2, 0) is 4.79 Å². The maximum atomic E-state index is 12.1. The van der Waals surface area contributed by atoms with E-state index in [1.54, 1.807) is 43.5 Å². The van der Waals surface area contributed by atoms with Crippen molar-refractivity contribution in [2.24, 2.45) is 5.10 Å². The van der Waals surface area contributed by atoms with Crippen molar-refractivity contribution in [3.63, 3.8) is 0 Å². The van der Waals surface area contributed by atoms with Crippen LogP contribution >= 0.6 is 35.4 Å². The van der Waals surface area contributed by atoms with Crippen LogP contribution in [0.5, 0.6) is 5.75 Å². The Labute approximate surface area is 159 Å². The first-order valence-electron chi connectivity index (χ1n) is 7.08. The summed E-state index contributed by atoms with van der Waals surface area (Å²) in [7, 11) is 1.59. The average Bonchev–Trinajstić information content (AvgIpc) is 2.95. The first-order valence-corrected chi connectivity index (χ1v) is 8.24. The molecule has 0 unspecified atom stereocenters. The minimum absolute atomic E-state index is 0.112. The third-order valence-corrected chi connectivity index (χ3v) is 4.23. The van der Waals surface area contributed by atoms with Gasteiger partial charge in [-0.05, 0) is 48.6 Å². The summed E-state index contributed by atoms with van der Waals surface area (Å²) in [6.07, 6.45) is 0. The molecule has 3 N–H and O–H groups in total. The molecule has 0 aromatic heterocycles.